The molecule has 0 aliphatic heterocycles. The molecule has 2 rings (SSSR count). The lowest BCUT2D eigenvalue weighted by atomic mass is 10.1. The van der Waals surface area contributed by atoms with E-state index in [1.54, 1.807) is 4.68 Å². The third-order valence-corrected chi connectivity index (χ3v) is 3.15. The van der Waals surface area contributed by atoms with E-state index in [1.807, 2.05) is 41.9 Å². The minimum atomic E-state index is -0.0885. The molecule has 0 fully saturated rings. The van der Waals surface area contributed by atoms with Crippen LogP contribution in [0.3, 0.4) is 0 Å². The topological polar surface area (TPSA) is 52.9 Å². The van der Waals surface area contributed by atoms with Crippen molar-refractivity contribution in [3.8, 4) is 11.3 Å². The highest BCUT2D eigenvalue weighted by Gasteiger charge is 2.18. The Morgan fingerprint density at radius 2 is 1.79 bits per heavy atom. The fourth-order valence-electron chi connectivity index (χ4n) is 2.37. The highest BCUT2D eigenvalue weighted by atomic mass is 16.1. The monoisotopic (exact) mass is 259 g/mol. The summed E-state index contributed by atoms with van der Waals surface area (Å²) in [5.41, 5.74) is 8.10. The van der Waals surface area contributed by atoms with Crippen LogP contribution in [0.4, 0.5) is 5.69 Å². The van der Waals surface area contributed by atoms with Gasteiger partial charge in [0.15, 0.2) is 0 Å². The van der Waals surface area contributed by atoms with Crippen molar-refractivity contribution in [3.63, 3.8) is 0 Å². The van der Waals surface area contributed by atoms with Crippen LogP contribution in [0.2, 0.25) is 0 Å². The largest absolute Gasteiger partial charge is 0.392 e. The lowest BCUT2D eigenvalue weighted by molar-refractivity contribution is 0.399. The number of hydrogen-bond donors (Lipinski definition) is 1. The Morgan fingerprint density at radius 1 is 1.16 bits per heavy atom. The van der Waals surface area contributed by atoms with Crippen molar-refractivity contribution in [2.24, 2.45) is 5.92 Å². The van der Waals surface area contributed by atoms with Gasteiger partial charge >= 0.3 is 0 Å². The third-order valence-electron chi connectivity index (χ3n) is 3.15. The van der Waals surface area contributed by atoms with Gasteiger partial charge in [0.25, 0.3) is 5.56 Å². The summed E-state index contributed by atoms with van der Waals surface area (Å²) in [6.45, 7) is 7.63. The number of nitrogens with two attached hydrogens (primary N) is 1. The zero-order valence-electron chi connectivity index (χ0n) is 11.8. The molecule has 1 heterocycles. The van der Waals surface area contributed by atoms with Crippen LogP contribution in [0.5, 0.6) is 0 Å². The van der Waals surface area contributed by atoms with E-state index >= 15 is 0 Å². The van der Waals surface area contributed by atoms with E-state index in [1.165, 1.54) is 0 Å². The van der Waals surface area contributed by atoms with Gasteiger partial charge in [-0.05, 0) is 12.8 Å². The second-order valence-corrected chi connectivity index (χ2v) is 5.13. The number of anilines is 1. The molecule has 0 spiro atoms. The molecule has 0 atom stereocenters. The van der Waals surface area contributed by atoms with E-state index in [0.717, 1.165) is 17.8 Å². The standard InChI is InChI=1S/C15H21N3O/c1-4-17-14(12-8-6-5-7-9-12)13(16)15(19)18(17)10-11(2)3/h5-9,11H,4,10,16H2,1-3H3. The second kappa shape index (κ2) is 5.34. The zero-order chi connectivity index (χ0) is 14.0. The van der Waals surface area contributed by atoms with E-state index in [-0.39, 0.29) is 5.56 Å². The van der Waals surface area contributed by atoms with Crippen molar-refractivity contribution in [2.45, 2.75) is 33.9 Å². The van der Waals surface area contributed by atoms with Crippen molar-refractivity contribution in [1.82, 2.24) is 9.36 Å². The fraction of sp³-hybridized carbons (Fsp3) is 0.400. The normalized spacial score (nSPS) is 11.2. The first-order valence-corrected chi connectivity index (χ1v) is 6.70. The SMILES string of the molecule is CCn1c(-c2ccccc2)c(N)c(=O)n1CC(C)C. The Morgan fingerprint density at radius 3 is 2.32 bits per heavy atom. The van der Waals surface area contributed by atoms with E-state index in [0.29, 0.717) is 18.2 Å². The summed E-state index contributed by atoms with van der Waals surface area (Å²) in [6, 6.07) is 9.84. The van der Waals surface area contributed by atoms with Crippen LogP contribution in [0.15, 0.2) is 35.1 Å². The average molecular weight is 259 g/mol. The van der Waals surface area contributed by atoms with Crippen molar-refractivity contribution >= 4 is 5.69 Å². The number of aromatic nitrogens is 2. The minimum Gasteiger partial charge on any atom is -0.392 e. The van der Waals surface area contributed by atoms with Gasteiger partial charge in [-0.15, -0.1) is 0 Å². The summed E-state index contributed by atoms with van der Waals surface area (Å²) in [5.74, 6) is 0.404. The van der Waals surface area contributed by atoms with Gasteiger partial charge in [0, 0.05) is 18.7 Å². The molecule has 0 amide bonds. The Labute approximate surface area is 113 Å². The molecule has 19 heavy (non-hydrogen) atoms. The number of nitrogen functional groups attached to an aromatic ring is 1. The summed E-state index contributed by atoms with van der Waals surface area (Å²) in [6.07, 6.45) is 0. The Bertz CT molecular complexity index is 608. The van der Waals surface area contributed by atoms with Gasteiger partial charge in [0.1, 0.15) is 5.69 Å². The Hall–Kier alpha value is -1.97. The summed E-state index contributed by atoms with van der Waals surface area (Å²) >= 11 is 0. The lowest BCUT2D eigenvalue weighted by Gasteiger charge is -2.14. The fourth-order valence-corrected chi connectivity index (χ4v) is 2.37. The molecule has 102 valence electrons. The summed E-state index contributed by atoms with van der Waals surface area (Å²) in [4.78, 5) is 12.3. The Balaban J connectivity index is 2.65. The predicted molar refractivity (Wildman–Crippen MR) is 79.1 cm³/mol. The van der Waals surface area contributed by atoms with E-state index < -0.39 is 0 Å². The third kappa shape index (κ3) is 2.43. The number of nitrogens with zero attached hydrogens (tertiary/aromatic N) is 2. The number of benzene rings is 1. The molecule has 1 aromatic heterocycles. The molecule has 0 aliphatic carbocycles. The molecule has 1 aromatic carbocycles. The van der Waals surface area contributed by atoms with Crippen LogP contribution in [0, 0.1) is 5.92 Å². The molecule has 2 aromatic rings. The van der Waals surface area contributed by atoms with Crippen LogP contribution in [-0.2, 0) is 13.1 Å². The molecule has 0 bridgehead atoms. The quantitative estimate of drug-likeness (QED) is 0.917. The average Bonchev–Trinajstić information content (AvgIpc) is 2.63. The molecule has 4 heteroatoms. The highest BCUT2D eigenvalue weighted by molar-refractivity contribution is 5.72. The smallest absolute Gasteiger partial charge is 0.290 e. The first-order valence-electron chi connectivity index (χ1n) is 6.70. The van der Waals surface area contributed by atoms with E-state index in [2.05, 4.69) is 13.8 Å². The van der Waals surface area contributed by atoms with E-state index in [9.17, 15) is 4.79 Å². The first-order chi connectivity index (χ1) is 9.06. The van der Waals surface area contributed by atoms with Crippen LogP contribution >= 0.6 is 0 Å². The van der Waals surface area contributed by atoms with Crippen LogP contribution in [0.1, 0.15) is 20.8 Å². The maximum absolute atomic E-state index is 12.3. The molecule has 4 nitrogen and oxygen atoms in total. The summed E-state index contributed by atoms with van der Waals surface area (Å²) < 4.78 is 3.73. The maximum Gasteiger partial charge on any atom is 0.290 e. The maximum atomic E-state index is 12.3. The van der Waals surface area contributed by atoms with Gasteiger partial charge in [-0.2, -0.15) is 0 Å². The van der Waals surface area contributed by atoms with E-state index in [4.69, 9.17) is 5.73 Å². The predicted octanol–water partition coefficient (Wildman–Crippen LogP) is 2.57. The zero-order valence-corrected chi connectivity index (χ0v) is 11.8. The van der Waals surface area contributed by atoms with Crippen LogP contribution in [-0.4, -0.2) is 9.36 Å². The molecular formula is C15H21N3O. The van der Waals surface area contributed by atoms with Gasteiger partial charge in [-0.3, -0.25) is 9.48 Å². The number of hydrogen-bond acceptors (Lipinski definition) is 2. The second-order valence-electron chi connectivity index (χ2n) is 5.13. The molecule has 2 N–H and O–H groups in total. The van der Waals surface area contributed by atoms with Crippen LogP contribution in [0.25, 0.3) is 11.3 Å². The van der Waals surface area contributed by atoms with Gasteiger partial charge in [-0.25, -0.2) is 4.68 Å². The molecule has 0 saturated heterocycles. The van der Waals surface area contributed by atoms with Gasteiger partial charge in [0.2, 0.25) is 0 Å². The molecule has 0 saturated carbocycles. The first kappa shape index (κ1) is 13.5. The van der Waals surface area contributed by atoms with Crippen molar-refractivity contribution in [1.29, 1.82) is 0 Å². The molecule has 0 radical (unpaired) electrons. The van der Waals surface area contributed by atoms with Crippen LogP contribution < -0.4 is 11.3 Å². The molecule has 0 unspecified atom stereocenters. The van der Waals surface area contributed by atoms with Crippen molar-refractivity contribution < 1.29 is 0 Å². The van der Waals surface area contributed by atoms with Gasteiger partial charge in [-0.1, -0.05) is 44.2 Å². The minimum absolute atomic E-state index is 0.0885. The highest BCUT2D eigenvalue weighted by Crippen LogP contribution is 2.24. The number of rotatable bonds is 4. The van der Waals surface area contributed by atoms with Gasteiger partial charge in [0.05, 0.1) is 5.69 Å². The van der Waals surface area contributed by atoms with Crippen molar-refractivity contribution in [2.75, 3.05) is 5.73 Å². The Kier molecular flexibility index (Phi) is 3.79. The molecular weight excluding hydrogens is 238 g/mol. The lowest BCUT2D eigenvalue weighted by Crippen LogP contribution is -2.26. The van der Waals surface area contributed by atoms with Gasteiger partial charge < -0.3 is 5.73 Å². The molecule has 0 aliphatic rings. The van der Waals surface area contributed by atoms with Crippen molar-refractivity contribution in [3.05, 3.63) is 40.7 Å². The summed E-state index contributed by atoms with van der Waals surface area (Å²) in [7, 11) is 0. The summed E-state index contributed by atoms with van der Waals surface area (Å²) in [5, 5.41) is 0.